The van der Waals surface area contributed by atoms with Crippen LogP contribution in [0.1, 0.15) is 37.7 Å². The molecule has 0 fully saturated rings. The molecule has 1 aromatic carbocycles. The maximum Gasteiger partial charge on any atom is 0.332 e. The van der Waals surface area contributed by atoms with Gasteiger partial charge < -0.3 is 5.11 Å². The molecule has 6 heteroatoms. The van der Waals surface area contributed by atoms with E-state index in [-0.39, 0.29) is 12.1 Å². The summed E-state index contributed by atoms with van der Waals surface area (Å²) in [6.07, 6.45) is 5.14. The normalized spacial score (nSPS) is 9.91. The number of allylic oxidation sites excluding steroid dienone is 3. The average molecular weight is 446 g/mol. The van der Waals surface area contributed by atoms with Gasteiger partial charge in [-0.05, 0) is 36.5 Å². The van der Waals surface area contributed by atoms with Gasteiger partial charge in [0.2, 0.25) is 0 Å². The lowest BCUT2D eigenvalue weighted by Gasteiger charge is -2.13. The van der Waals surface area contributed by atoms with E-state index in [2.05, 4.69) is 23.4 Å². The number of aromatic nitrogens is 3. The van der Waals surface area contributed by atoms with E-state index < -0.39 is 5.69 Å². The summed E-state index contributed by atoms with van der Waals surface area (Å²) in [5.41, 5.74) is 1.94. The fraction of sp³-hybridized carbons (Fsp3) is 0.222. The summed E-state index contributed by atoms with van der Waals surface area (Å²) >= 11 is 0. The van der Waals surface area contributed by atoms with Gasteiger partial charge in [-0.2, -0.15) is 0 Å². The number of nitrogens with zero attached hydrogens (tertiary/aromatic N) is 3. The smallest absolute Gasteiger partial charge is 0.332 e. The summed E-state index contributed by atoms with van der Waals surface area (Å²) in [5.74, 6) is 5.86. The third-order valence-corrected chi connectivity index (χ3v) is 4.26. The number of hydrogen-bond acceptors (Lipinski definition) is 4. The molecule has 0 amide bonds. The highest BCUT2D eigenvalue weighted by Gasteiger charge is 2.11. The summed E-state index contributed by atoms with van der Waals surface area (Å²) in [5, 5.41) is 7.00. The molecule has 0 aliphatic rings. The van der Waals surface area contributed by atoms with Crippen LogP contribution < -0.4 is 11.2 Å². The second-order valence-corrected chi connectivity index (χ2v) is 6.52. The first-order valence-electron chi connectivity index (χ1n) is 10.6. The van der Waals surface area contributed by atoms with E-state index in [9.17, 15) is 9.59 Å². The minimum absolute atomic E-state index is 0.205. The Morgan fingerprint density at radius 1 is 1.03 bits per heavy atom. The van der Waals surface area contributed by atoms with Gasteiger partial charge in [0.1, 0.15) is 11.4 Å². The van der Waals surface area contributed by atoms with Crippen molar-refractivity contribution in [2.24, 2.45) is 0 Å². The van der Waals surface area contributed by atoms with Crippen LogP contribution in [-0.2, 0) is 13.1 Å². The van der Waals surface area contributed by atoms with Crippen LogP contribution in [0.2, 0.25) is 0 Å². The van der Waals surface area contributed by atoms with Gasteiger partial charge in [-0.25, -0.2) is 9.78 Å². The van der Waals surface area contributed by atoms with Crippen molar-refractivity contribution in [3.8, 4) is 11.8 Å². The zero-order valence-electron chi connectivity index (χ0n) is 19.7. The SMILES string of the molecule is C=C/C=C(\C)Cn1c(C#Cc2ccccn2)cc(=O)n(Cc2ccccc2)c1=O.CC.CO. The Morgan fingerprint density at radius 2 is 1.70 bits per heavy atom. The van der Waals surface area contributed by atoms with E-state index in [1.165, 1.54) is 15.2 Å². The monoisotopic (exact) mass is 445 g/mol. The second kappa shape index (κ2) is 15.0. The van der Waals surface area contributed by atoms with Crippen molar-refractivity contribution in [1.82, 2.24) is 14.1 Å². The second-order valence-electron chi connectivity index (χ2n) is 6.52. The lowest BCUT2D eigenvalue weighted by atomic mass is 10.2. The Labute approximate surface area is 195 Å². The molecule has 0 saturated carbocycles. The molecule has 3 rings (SSSR count). The molecule has 0 radical (unpaired) electrons. The molecule has 33 heavy (non-hydrogen) atoms. The number of rotatable bonds is 5. The highest BCUT2D eigenvalue weighted by Crippen LogP contribution is 2.03. The van der Waals surface area contributed by atoms with Gasteiger partial charge in [0, 0.05) is 25.9 Å². The highest BCUT2D eigenvalue weighted by atomic mass is 16.2. The molecular weight excluding hydrogens is 414 g/mol. The van der Waals surface area contributed by atoms with Gasteiger partial charge in [-0.3, -0.25) is 13.9 Å². The molecular formula is C27H31N3O3. The van der Waals surface area contributed by atoms with Crippen LogP contribution in [0.25, 0.3) is 0 Å². The molecule has 0 spiro atoms. The molecule has 0 unspecified atom stereocenters. The fourth-order valence-corrected chi connectivity index (χ4v) is 2.85. The van der Waals surface area contributed by atoms with Crippen LogP contribution in [-0.4, -0.2) is 26.3 Å². The van der Waals surface area contributed by atoms with Gasteiger partial charge in [-0.15, -0.1) is 0 Å². The maximum absolute atomic E-state index is 13.2. The Kier molecular flexibility index (Phi) is 12.3. The first-order valence-corrected chi connectivity index (χ1v) is 10.6. The van der Waals surface area contributed by atoms with Crippen molar-refractivity contribution in [1.29, 1.82) is 0 Å². The number of benzene rings is 1. The van der Waals surface area contributed by atoms with Crippen LogP contribution in [0, 0.1) is 11.8 Å². The minimum atomic E-state index is -0.400. The van der Waals surface area contributed by atoms with Gasteiger partial charge in [0.05, 0.1) is 6.54 Å². The van der Waals surface area contributed by atoms with E-state index in [4.69, 9.17) is 5.11 Å². The van der Waals surface area contributed by atoms with Crippen LogP contribution in [0.15, 0.2) is 94.7 Å². The third kappa shape index (κ3) is 8.24. The number of hydrogen-bond donors (Lipinski definition) is 1. The summed E-state index contributed by atoms with van der Waals surface area (Å²) in [7, 11) is 1.00. The molecule has 172 valence electrons. The molecule has 3 aromatic rings. The number of aliphatic hydroxyl groups excluding tert-OH is 1. The topological polar surface area (TPSA) is 77.1 Å². The molecule has 2 heterocycles. The zero-order chi connectivity index (χ0) is 24.6. The largest absolute Gasteiger partial charge is 0.400 e. The fourth-order valence-electron chi connectivity index (χ4n) is 2.85. The third-order valence-electron chi connectivity index (χ3n) is 4.26. The van der Waals surface area contributed by atoms with E-state index in [1.807, 2.05) is 63.2 Å². The first-order chi connectivity index (χ1) is 16.1. The molecule has 0 aliphatic carbocycles. The van der Waals surface area contributed by atoms with Gasteiger partial charge >= 0.3 is 5.69 Å². The van der Waals surface area contributed by atoms with E-state index in [0.717, 1.165) is 18.2 Å². The molecule has 0 aliphatic heterocycles. The van der Waals surface area contributed by atoms with E-state index >= 15 is 0 Å². The predicted octanol–water partition coefficient (Wildman–Crippen LogP) is 3.62. The Hall–Kier alpha value is -3.95. The summed E-state index contributed by atoms with van der Waals surface area (Å²) in [4.78, 5) is 30.0. The molecule has 0 bridgehead atoms. The Balaban J connectivity index is 0.00000129. The molecule has 1 N–H and O–H groups in total. The van der Waals surface area contributed by atoms with E-state index in [0.29, 0.717) is 17.9 Å². The predicted molar refractivity (Wildman–Crippen MR) is 134 cm³/mol. The summed E-state index contributed by atoms with van der Waals surface area (Å²) in [6.45, 7) is 10.1. The Bertz CT molecular complexity index is 1210. The number of pyridine rings is 1. The zero-order valence-corrected chi connectivity index (χ0v) is 19.7. The molecule has 2 aromatic heterocycles. The van der Waals surface area contributed by atoms with Gasteiger partial charge in [-0.1, -0.05) is 74.5 Å². The highest BCUT2D eigenvalue weighted by molar-refractivity contribution is 5.36. The molecule has 6 nitrogen and oxygen atoms in total. The molecule has 0 saturated heterocycles. The number of aliphatic hydroxyl groups is 1. The lowest BCUT2D eigenvalue weighted by molar-refractivity contribution is 0.399. The first kappa shape index (κ1) is 27.1. The van der Waals surface area contributed by atoms with E-state index in [1.54, 1.807) is 24.4 Å². The van der Waals surface area contributed by atoms with Crippen molar-refractivity contribution >= 4 is 0 Å². The Morgan fingerprint density at radius 3 is 2.30 bits per heavy atom. The van der Waals surface area contributed by atoms with Gasteiger partial charge in [0.15, 0.2) is 0 Å². The van der Waals surface area contributed by atoms with Crippen LogP contribution >= 0.6 is 0 Å². The summed E-state index contributed by atoms with van der Waals surface area (Å²) < 4.78 is 2.73. The average Bonchev–Trinajstić information content (AvgIpc) is 2.86. The minimum Gasteiger partial charge on any atom is -0.400 e. The standard InChI is InChI=1S/C24H21N3O2.C2H6.CH4O/c1-3-9-19(2)17-26-22(14-13-21-12-7-8-15-25-21)16-23(28)27(24(26)29)18-20-10-5-4-6-11-20;2*1-2/h3-12,15-16H,1,17-18H2,2H3;1-2H3;2H,1H3/b19-9+;;. The maximum atomic E-state index is 13.2. The van der Waals surface area contributed by atoms with Crippen molar-refractivity contribution in [3.05, 3.63) is 123 Å². The van der Waals surface area contributed by atoms with Crippen molar-refractivity contribution in [2.75, 3.05) is 7.11 Å². The summed E-state index contributed by atoms with van der Waals surface area (Å²) in [6, 6.07) is 16.2. The van der Waals surface area contributed by atoms with Crippen LogP contribution in [0.3, 0.4) is 0 Å². The van der Waals surface area contributed by atoms with Crippen LogP contribution in [0.4, 0.5) is 0 Å². The van der Waals surface area contributed by atoms with Crippen molar-refractivity contribution in [2.45, 2.75) is 33.9 Å². The lowest BCUT2D eigenvalue weighted by Crippen LogP contribution is -2.41. The van der Waals surface area contributed by atoms with Crippen LogP contribution in [0.5, 0.6) is 0 Å². The van der Waals surface area contributed by atoms with Gasteiger partial charge in [0.25, 0.3) is 5.56 Å². The van der Waals surface area contributed by atoms with Crippen molar-refractivity contribution in [3.63, 3.8) is 0 Å². The van der Waals surface area contributed by atoms with Crippen molar-refractivity contribution < 1.29 is 5.11 Å². The quantitative estimate of drug-likeness (QED) is 0.481. The molecule has 0 atom stereocenters.